The van der Waals surface area contributed by atoms with Crippen LogP contribution in [0, 0.1) is 29.0 Å². The maximum Gasteiger partial charge on any atom is 0.244 e. The molecule has 0 radical (unpaired) electrons. The van der Waals surface area contributed by atoms with Crippen molar-refractivity contribution in [3.63, 3.8) is 0 Å². The Hall–Kier alpha value is -2.71. The molecule has 7 heteroatoms. The van der Waals surface area contributed by atoms with Crippen LogP contribution in [0.1, 0.15) is 36.8 Å². The lowest BCUT2D eigenvalue weighted by Crippen LogP contribution is -2.65. The Balaban J connectivity index is 1.90. The van der Waals surface area contributed by atoms with Crippen molar-refractivity contribution in [1.29, 1.82) is 5.26 Å². The van der Waals surface area contributed by atoms with Crippen molar-refractivity contribution in [3.05, 3.63) is 65.5 Å². The first-order chi connectivity index (χ1) is 13.9. The molecule has 3 atom stereocenters. The van der Waals surface area contributed by atoms with Crippen LogP contribution in [0.25, 0.3) is 0 Å². The van der Waals surface area contributed by atoms with Gasteiger partial charge in [-0.15, -0.1) is 0 Å². The topological polar surface area (TPSA) is 81.4 Å². The standard InChI is InChI=1S/C22H21FN2O3S/c1-2-3-4-6-16-9-11-17(12-10-16)22-20(14-24)25(21(22)15-26)29(27,28)19-8-5-7-18(23)13-19/h5,7-13,20-22,26H,2-3,15H2,1H3/t20-,21-,22+/m1/s1. The molecule has 3 rings (SSSR count). The average Bonchev–Trinajstić information content (AvgIpc) is 2.69. The molecular formula is C22H21FN2O3S. The number of sulfonamides is 1. The monoisotopic (exact) mass is 412 g/mol. The molecular weight excluding hydrogens is 391 g/mol. The number of nitrogens with zero attached hydrogens (tertiary/aromatic N) is 2. The summed E-state index contributed by atoms with van der Waals surface area (Å²) in [6, 6.07) is 12.1. The van der Waals surface area contributed by atoms with E-state index in [0.29, 0.717) is 0 Å². The lowest BCUT2D eigenvalue weighted by Gasteiger charge is -2.50. The summed E-state index contributed by atoms with van der Waals surface area (Å²) in [6.07, 6.45) is 1.78. The smallest absolute Gasteiger partial charge is 0.244 e. The molecule has 0 bridgehead atoms. The fraction of sp³-hybridized carbons (Fsp3) is 0.318. The minimum absolute atomic E-state index is 0.240. The van der Waals surface area contributed by atoms with Gasteiger partial charge >= 0.3 is 0 Å². The lowest BCUT2D eigenvalue weighted by atomic mass is 9.78. The Morgan fingerprint density at radius 3 is 2.52 bits per heavy atom. The van der Waals surface area contributed by atoms with E-state index in [1.54, 1.807) is 12.1 Å². The predicted octanol–water partition coefficient (Wildman–Crippen LogP) is 3.02. The molecule has 1 fully saturated rings. The molecule has 0 unspecified atom stereocenters. The van der Waals surface area contributed by atoms with Gasteiger partial charge in [0, 0.05) is 17.9 Å². The van der Waals surface area contributed by atoms with E-state index >= 15 is 0 Å². The van der Waals surface area contributed by atoms with Crippen molar-refractivity contribution in [1.82, 2.24) is 4.31 Å². The second kappa shape index (κ2) is 8.75. The van der Waals surface area contributed by atoms with E-state index in [2.05, 4.69) is 18.8 Å². The molecule has 1 saturated heterocycles. The zero-order chi connectivity index (χ0) is 21.0. The lowest BCUT2D eigenvalue weighted by molar-refractivity contribution is 0.0556. The molecule has 0 spiro atoms. The zero-order valence-electron chi connectivity index (χ0n) is 15.9. The number of aliphatic hydroxyl groups excluding tert-OH is 1. The minimum Gasteiger partial charge on any atom is -0.395 e. The van der Waals surface area contributed by atoms with Crippen LogP contribution in [0.5, 0.6) is 0 Å². The van der Waals surface area contributed by atoms with Crippen molar-refractivity contribution in [2.75, 3.05) is 6.61 Å². The normalized spacial score (nSPS) is 21.5. The van der Waals surface area contributed by atoms with E-state index in [1.807, 2.05) is 18.2 Å². The first-order valence-corrected chi connectivity index (χ1v) is 10.8. The quantitative estimate of drug-likeness (QED) is 0.766. The van der Waals surface area contributed by atoms with Gasteiger partial charge < -0.3 is 5.11 Å². The van der Waals surface area contributed by atoms with Crippen molar-refractivity contribution >= 4 is 10.0 Å². The number of aliphatic hydroxyl groups is 1. The van der Waals surface area contributed by atoms with Crippen molar-refractivity contribution < 1.29 is 17.9 Å². The molecule has 1 aliphatic heterocycles. The summed E-state index contributed by atoms with van der Waals surface area (Å²) in [6.45, 7) is 1.60. The van der Waals surface area contributed by atoms with Gasteiger partial charge in [0.25, 0.3) is 0 Å². The van der Waals surface area contributed by atoms with Crippen LogP contribution in [0.15, 0.2) is 53.4 Å². The van der Waals surface area contributed by atoms with Gasteiger partial charge in [-0.2, -0.15) is 9.57 Å². The molecule has 29 heavy (non-hydrogen) atoms. The first kappa shape index (κ1) is 21.0. The number of hydrogen-bond acceptors (Lipinski definition) is 4. The Bertz CT molecular complexity index is 1080. The number of unbranched alkanes of at least 4 members (excludes halogenated alkanes) is 1. The number of halogens is 1. The SMILES string of the molecule is CCCC#Cc1ccc([C@H]2[C@@H](C#N)N(S(=O)(=O)c3cccc(F)c3)[C@@H]2CO)cc1. The Morgan fingerprint density at radius 2 is 1.93 bits per heavy atom. The van der Waals surface area contributed by atoms with Crippen LogP contribution in [0.4, 0.5) is 4.39 Å². The van der Waals surface area contributed by atoms with Crippen LogP contribution in [0.3, 0.4) is 0 Å². The van der Waals surface area contributed by atoms with Crippen LogP contribution < -0.4 is 0 Å². The van der Waals surface area contributed by atoms with Gasteiger partial charge in [0.15, 0.2) is 0 Å². The van der Waals surface area contributed by atoms with E-state index in [4.69, 9.17) is 0 Å². The van der Waals surface area contributed by atoms with E-state index < -0.39 is 40.4 Å². The third-order valence-electron chi connectivity index (χ3n) is 4.95. The summed E-state index contributed by atoms with van der Waals surface area (Å²) in [5.74, 6) is 4.94. The molecule has 150 valence electrons. The molecule has 1 N–H and O–H groups in total. The summed E-state index contributed by atoms with van der Waals surface area (Å²) in [5.41, 5.74) is 1.59. The molecule has 2 aromatic rings. The van der Waals surface area contributed by atoms with Crippen LogP contribution in [0.2, 0.25) is 0 Å². The predicted molar refractivity (Wildman–Crippen MR) is 107 cm³/mol. The second-order valence-corrected chi connectivity index (χ2v) is 8.66. The highest BCUT2D eigenvalue weighted by molar-refractivity contribution is 7.89. The Kier molecular flexibility index (Phi) is 6.34. The van der Waals surface area contributed by atoms with Gasteiger partial charge in [0.2, 0.25) is 10.0 Å². The van der Waals surface area contributed by atoms with Crippen molar-refractivity contribution in [2.24, 2.45) is 0 Å². The highest BCUT2D eigenvalue weighted by Gasteiger charge is 2.55. The van der Waals surface area contributed by atoms with Crippen LogP contribution in [-0.4, -0.2) is 36.5 Å². The average molecular weight is 412 g/mol. The van der Waals surface area contributed by atoms with Gasteiger partial charge in [-0.1, -0.05) is 37.0 Å². The summed E-state index contributed by atoms with van der Waals surface area (Å²) < 4.78 is 40.4. The molecule has 1 aliphatic rings. The molecule has 1 heterocycles. The number of hydrogen-bond donors (Lipinski definition) is 1. The first-order valence-electron chi connectivity index (χ1n) is 9.32. The van der Waals surface area contributed by atoms with Gasteiger partial charge in [-0.25, -0.2) is 12.8 Å². The molecule has 0 aromatic heterocycles. The number of benzene rings is 2. The van der Waals surface area contributed by atoms with Gasteiger partial charge in [-0.05, 0) is 42.3 Å². The summed E-state index contributed by atoms with van der Waals surface area (Å²) in [7, 11) is -4.12. The van der Waals surface area contributed by atoms with Crippen molar-refractivity contribution in [2.45, 2.75) is 42.7 Å². The van der Waals surface area contributed by atoms with E-state index in [9.17, 15) is 23.2 Å². The van der Waals surface area contributed by atoms with Crippen LogP contribution >= 0.6 is 0 Å². The summed E-state index contributed by atoms with van der Waals surface area (Å²) in [5, 5.41) is 19.5. The van der Waals surface area contributed by atoms with Crippen molar-refractivity contribution in [3.8, 4) is 17.9 Å². The Morgan fingerprint density at radius 1 is 1.21 bits per heavy atom. The largest absolute Gasteiger partial charge is 0.395 e. The Labute approximate surface area is 170 Å². The van der Waals surface area contributed by atoms with Gasteiger partial charge in [-0.3, -0.25) is 0 Å². The molecule has 5 nitrogen and oxygen atoms in total. The molecule has 2 aromatic carbocycles. The fourth-order valence-corrected chi connectivity index (χ4v) is 5.31. The van der Waals surface area contributed by atoms with Gasteiger partial charge in [0.1, 0.15) is 11.9 Å². The second-order valence-electron chi connectivity index (χ2n) is 6.82. The maximum absolute atomic E-state index is 13.5. The summed E-state index contributed by atoms with van der Waals surface area (Å²) >= 11 is 0. The van der Waals surface area contributed by atoms with Gasteiger partial charge in [0.05, 0.1) is 23.6 Å². The number of nitriles is 1. The number of rotatable bonds is 5. The van der Waals surface area contributed by atoms with Crippen LogP contribution in [-0.2, 0) is 10.0 Å². The third-order valence-corrected chi connectivity index (χ3v) is 6.85. The highest BCUT2D eigenvalue weighted by Crippen LogP contribution is 2.43. The molecule has 0 aliphatic carbocycles. The fourth-order valence-electron chi connectivity index (χ4n) is 3.52. The minimum atomic E-state index is -4.12. The highest BCUT2D eigenvalue weighted by atomic mass is 32.2. The third kappa shape index (κ3) is 4.04. The molecule has 0 saturated carbocycles. The van der Waals surface area contributed by atoms with E-state index in [1.165, 1.54) is 12.1 Å². The zero-order valence-corrected chi connectivity index (χ0v) is 16.7. The molecule has 0 amide bonds. The summed E-state index contributed by atoms with van der Waals surface area (Å²) in [4.78, 5) is -0.240. The van der Waals surface area contributed by atoms with E-state index in [0.717, 1.165) is 40.4 Å². The van der Waals surface area contributed by atoms with E-state index in [-0.39, 0.29) is 4.90 Å². The maximum atomic E-state index is 13.5.